The molecule has 1 amide bonds. The van der Waals surface area contributed by atoms with Gasteiger partial charge in [-0.3, -0.25) is 4.79 Å². The van der Waals surface area contributed by atoms with E-state index in [0.29, 0.717) is 6.54 Å². The van der Waals surface area contributed by atoms with Crippen LogP contribution in [0.15, 0.2) is 24.3 Å². The summed E-state index contributed by atoms with van der Waals surface area (Å²) in [6, 6.07) is 8.42. The van der Waals surface area contributed by atoms with Crippen LogP contribution in [0.1, 0.15) is 38.3 Å². The standard InChI is InChI=1S/C16H26N2O/c1-5-13(3)16(19)17-11-14-8-7-9-15(10-14)12-18(4)6-2/h7-10,13H,5-6,11-12H2,1-4H3,(H,17,19)/t13-/m1/s1. The molecule has 0 aromatic heterocycles. The molecule has 0 radical (unpaired) electrons. The van der Waals surface area contributed by atoms with Crippen LogP contribution in [0.25, 0.3) is 0 Å². The number of carbonyl (C=O) groups is 1. The van der Waals surface area contributed by atoms with Crippen molar-refractivity contribution < 1.29 is 4.79 Å². The topological polar surface area (TPSA) is 32.3 Å². The molecule has 19 heavy (non-hydrogen) atoms. The number of nitrogens with one attached hydrogen (secondary N) is 1. The normalized spacial score (nSPS) is 12.5. The van der Waals surface area contributed by atoms with Crippen LogP contribution in [0, 0.1) is 5.92 Å². The maximum Gasteiger partial charge on any atom is 0.223 e. The van der Waals surface area contributed by atoms with Crippen LogP contribution in [0.5, 0.6) is 0 Å². The molecular formula is C16H26N2O. The van der Waals surface area contributed by atoms with Crippen molar-refractivity contribution in [2.45, 2.75) is 40.3 Å². The molecule has 0 aliphatic carbocycles. The maximum atomic E-state index is 11.7. The fraction of sp³-hybridized carbons (Fsp3) is 0.562. The van der Waals surface area contributed by atoms with Crippen molar-refractivity contribution in [2.24, 2.45) is 5.92 Å². The fourth-order valence-corrected chi connectivity index (χ4v) is 1.81. The first-order valence-electron chi connectivity index (χ1n) is 7.10. The Hall–Kier alpha value is -1.35. The van der Waals surface area contributed by atoms with Crippen molar-refractivity contribution in [3.8, 4) is 0 Å². The predicted octanol–water partition coefficient (Wildman–Crippen LogP) is 2.80. The first-order chi connectivity index (χ1) is 9.06. The molecule has 1 atom stereocenters. The van der Waals surface area contributed by atoms with Gasteiger partial charge < -0.3 is 10.2 Å². The lowest BCUT2D eigenvalue weighted by atomic mass is 10.1. The van der Waals surface area contributed by atoms with E-state index in [1.807, 2.05) is 13.8 Å². The van der Waals surface area contributed by atoms with Gasteiger partial charge in [0.25, 0.3) is 0 Å². The SMILES string of the molecule is CC[C@@H](C)C(=O)NCc1cccc(CN(C)CC)c1. The van der Waals surface area contributed by atoms with E-state index < -0.39 is 0 Å². The van der Waals surface area contributed by atoms with Gasteiger partial charge in [0.1, 0.15) is 0 Å². The summed E-state index contributed by atoms with van der Waals surface area (Å²) in [5, 5.41) is 2.99. The van der Waals surface area contributed by atoms with Crippen LogP contribution >= 0.6 is 0 Å². The molecule has 0 saturated carbocycles. The Morgan fingerprint density at radius 3 is 2.63 bits per heavy atom. The Kier molecular flexibility index (Phi) is 6.57. The second-order valence-corrected chi connectivity index (χ2v) is 5.18. The number of amides is 1. The molecule has 0 saturated heterocycles. The minimum Gasteiger partial charge on any atom is -0.352 e. The van der Waals surface area contributed by atoms with Crippen molar-refractivity contribution in [2.75, 3.05) is 13.6 Å². The first-order valence-corrected chi connectivity index (χ1v) is 7.10. The van der Waals surface area contributed by atoms with E-state index in [-0.39, 0.29) is 11.8 Å². The molecule has 3 nitrogen and oxygen atoms in total. The van der Waals surface area contributed by atoms with E-state index in [1.165, 1.54) is 11.1 Å². The van der Waals surface area contributed by atoms with Gasteiger partial charge in [-0.05, 0) is 31.1 Å². The quantitative estimate of drug-likeness (QED) is 0.819. The lowest BCUT2D eigenvalue weighted by molar-refractivity contribution is -0.124. The monoisotopic (exact) mass is 262 g/mol. The highest BCUT2D eigenvalue weighted by Crippen LogP contribution is 2.08. The molecule has 0 unspecified atom stereocenters. The van der Waals surface area contributed by atoms with E-state index in [0.717, 1.165) is 19.5 Å². The zero-order valence-electron chi connectivity index (χ0n) is 12.6. The average molecular weight is 262 g/mol. The Balaban J connectivity index is 2.55. The molecule has 3 heteroatoms. The number of carbonyl (C=O) groups excluding carboxylic acids is 1. The van der Waals surface area contributed by atoms with E-state index in [9.17, 15) is 4.79 Å². The molecule has 1 aromatic carbocycles. The first kappa shape index (κ1) is 15.7. The van der Waals surface area contributed by atoms with Crippen LogP contribution in [-0.2, 0) is 17.9 Å². The summed E-state index contributed by atoms with van der Waals surface area (Å²) in [6.07, 6.45) is 0.882. The summed E-state index contributed by atoms with van der Waals surface area (Å²) < 4.78 is 0. The van der Waals surface area contributed by atoms with Crippen LogP contribution in [-0.4, -0.2) is 24.4 Å². The van der Waals surface area contributed by atoms with Gasteiger partial charge in [0.15, 0.2) is 0 Å². The van der Waals surface area contributed by atoms with Gasteiger partial charge in [0.2, 0.25) is 5.91 Å². The molecule has 0 spiro atoms. The van der Waals surface area contributed by atoms with Crippen molar-refractivity contribution in [1.29, 1.82) is 0 Å². The Morgan fingerprint density at radius 2 is 2.00 bits per heavy atom. The van der Waals surface area contributed by atoms with Gasteiger partial charge in [-0.25, -0.2) is 0 Å². The van der Waals surface area contributed by atoms with E-state index >= 15 is 0 Å². The van der Waals surface area contributed by atoms with Crippen molar-refractivity contribution in [3.63, 3.8) is 0 Å². The molecule has 1 N–H and O–H groups in total. The van der Waals surface area contributed by atoms with Gasteiger partial charge >= 0.3 is 0 Å². The molecule has 1 aromatic rings. The zero-order chi connectivity index (χ0) is 14.3. The van der Waals surface area contributed by atoms with Gasteiger partial charge in [-0.2, -0.15) is 0 Å². The Labute approximate surface area is 117 Å². The van der Waals surface area contributed by atoms with Gasteiger partial charge in [-0.15, -0.1) is 0 Å². The second kappa shape index (κ2) is 7.95. The van der Waals surface area contributed by atoms with E-state index in [4.69, 9.17) is 0 Å². The highest BCUT2D eigenvalue weighted by Gasteiger charge is 2.09. The average Bonchev–Trinajstić information content (AvgIpc) is 2.44. The minimum absolute atomic E-state index is 0.0920. The summed E-state index contributed by atoms with van der Waals surface area (Å²) >= 11 is 0. The van der Waals surface area contributed by atoms with Crippen LogP contribution in [0.4, 0.5) is 0 Å². The third kappa shape index (κ3) is 5.43. The van der Waals surface area contributed by atoms with Gasteiger partial charge in [0.05, 0.1) is 0 Å². The summed E-state index contributed by atoms with van der Waals surface area (Å²) in [7, 11) is 2.11. The maximum absolute atomic E-state index is 11.7. The third-order valence-electron chi connectivity index (χ3n) is 3.51. The Morgan fingerprint density at radius 1 is 1.32 bits per heavy atom. The summed E-state index contributed by atoms with van der Waals surface area (Å²) in [5.74, 6) is 0.230. The molecule has 106 valence electrons. The molecule has 0 fully saturated rings. The van der Waals surface area contributed by atoms with E-state index in [1.54, 1.807) is 0 Å². The third-order valence-corrected chi connectivity index (χ3v) is 3.51. The van der Waals surface area contributed by atoms with Crippen LogP contribution in [0.2, 0.25) is 0 Å². The second-order valence-electron chi connectivity index (χ2n) is 5.18. The van der Waals surface area contributed by atoms with Gasteiger partial charge in [-0.1, -0.05) is 45.0 Å². The minimum atomic E-state index is 0.0920. The molecule has 0 heterocycles. The molecular weight excluding hydrogens is 236 g/mol. The summed E-state index contributed by atoms with van der Waals surface area (Å²) in [5.41, 5.74) is 2.46. The number of nitrogens with zero attached hydrogens (tertiary/aromatic N) is 1. The zero-order valence-corrected chi connectivity index (χ0v) is 12.6. The number of hydrogen-bond acceptors (Lipinski definition) is 2. The number of hydrogen-bond donors (Lipinski definition) is 1. The summed E-state index contributed by atoms with van der Waals surface area (Å²) in [6.45, 7) is 8.75. The lowest BCUT2D eigenvalue weighted by Crippen LogP contribution is -2.28. The molecule has 0 aliphatic rings. The predicted molar refractivity (Wildman–Crippen MR) is 79.8 cm³/mol. The molecule has 0 bridgehead atoms. The fourth-order valence-electron chi connectivity index (χ4n) is 1.81. The highest BCUT2D eigenvalue weighted by atomic mass is 16.1. The van der Waals surface area contributed by atoms with Crippen molar-refractivity contribution >= 4 is 5.91 Å². The number of rotatable bonds is 7. The van der Waals surface area contributed by atoms with E-state index in [2.05, 4.69) is 48.5 Å². The molecule has 0 aliphatic heterocycles. The van der Waals surface area contributed by atoms with Crippen molar-refractivity contribution in [1.82, 2.24) is 10.2 Å². The van der Waals surface area contributed by atoms with Crippen LogP contribution in [0.3, 0.4) is 0 Å². The van der Waals surface area contributed by atoms with Crippen molar-refractivity contribution in [3.05, 3.63) is 35.4 Å². The highest BCUT2D eigenvalue weighted by molar-refractivity contribution is 5.78. The Bertz CT molecular complexity index is 403. The summed E-state index contributed by atoms with van der Waals surface area (Å²) in [4.78, 5) is 14.0. The molecule has 1 rings (SSSR count). The van der Waals surface area contributed by atoms with Crippen LogP contribution < -0.4 is 5.32 Å². The van der Waals surface area contributed by atoms with Gasteiger partial charge in [0, 0.05) is 19.0 Å². The number of benzene rings is 1. The lowest BCUT2D eigenvalue weighted by Gasteiger charge is -2.15. The largest absolute Gasteiger partial charge is 0.352 e. The smallest absolute Gasteiger partial charge is 0.223 e.